The molecule has 0 saturated carbocycles. The minimum Gasteiger partial charge on any atom is -0.462 e. The van der Waals surface area contributed by atoms with Crippen molar-refractivity contribution in [2.45, 2.75) is 20.8 Å². The zero-order valence-electron chi connectivity index (χ0n) is 19.0. The molecule has 33 heavy (non-hydrogen) atoms. The van der Waals surface area contributed by atoms with Crippen molar-refractivity contribution < 1.29 is 14.3 Å². The molecule has 4 rings (SSSR count). The summed E-state index contributed by atoms with van der Waals surface area (Å²) < 4.78 is 7.21. The van der Waals surface area contributed by atoms with Crippen molar-refractivity contribution in [3.05, 3.63) is 88.1 Å². The summed E-state index contributed by atoms with van der Waals surface area (Å²) in [4.78, 5) is 31.8. The number of para-hydroxylation sites is 1. The van der Waals surface area contributed by atoms with E-state index in [4.69, 9.17) is 4.74 Å². The minimum atomic E-state index is -0.342. The Bertz CT molecular complexity index is 1280. The van der Waals surface area contributed by atoms with Crippen LogP contribution in [-0.2, 0) is 9.53 Å². The Kier molecular flexibility index (Phi) is 6.51. The fraction of sp³-hybridized carbons (Fsp3) is 0.192. The third-order valence-electron chi connectivity index (χ3n) is 5.36. The number of carbonyl (C=O) groups is 2. The largest absolute Gasteiger partial charge is 0.462 e. The minimum absolute atomic E-state index is 0.0798. The van der Waals surface area contributed by atoms with E-state index < -0.39 is 0 Å². The van der Waals surface area contributed by atoms with Gasteiger partial charge in [-0.2, -0.15) is 0 Å². The third-order valence-corrected chi connectivity index (χ3v) is 6.42. The van der Waals surface area contributed by atoms with E-state index in [0.717, 1.165) is 28.3 Å². The number of hydrogen-bond donors (Lipinski definition) is 0. The topological polar surface area (TPSA) is 63.9 Å². The molecule has 1 aliphatic rings. The number of carbonyl (C=O) groups excluding carboxylic acids is 2. The summed E-state index contributed by atoms with van der Waals surface area (Å²) in [6, 6.07) is 19.0. The zero-order valence-corrected chi connectivity index (χ0v) is 19.8. The molecule has 1 aliphatic heterocycles. The number of nitrogens with zero attached hydrogens (tertiary/aromatic N) is 3. The fourth-order valence-electron chi connectivity index (χ4n) is 3.72. The number of benzene rings is 2. The highest BCUT2D eigenvalue weighted by atomic mass is 32.2. The van der Waals surface area contributed by atoms with Gasteiger partial charge >= 0.3 is 5.97 Å². The van der Waals surface area contributed by atoms with Gasteiger partial charge in [0.25, 0.3) is 5.91 Å². The Morgan fingerprint density at radius 1 is 1.09 bits per heavy atom. The highest BCUT2D eigenvalue weighted by Crippen LogP contribution is 2.34. The molecule has 0 radical (unpaired) electrons. The average molecular weight is 460 g/mol. The lowest BCUT2D eigenvalue weighted by Gasteiger charge is -2.11. The van der Waals surface area contributed by atoms with E-state index in [1.54, 1.807) is 24.9 Å². The molecule has 2 aromatic carbocycles. The van der Waals surface area contributed by atoms with Gasteiger partial charge in [0, 0.05) is 24.1 Å². The van der Waals surface area contributed by atoms with Crippen LogP contribution in [0, 0.1) is 13.8 Å². The van der Waals surface area contributed by atoms with E-state index in [-0.39, 0.29) is 11.9 Å². The van der Waals surface area contributed by atoms with E-state index >= 15 is 0 Å². The Balaban J connectivity index is 1.66. The first-order valence-electron chi connectivity index (χ1n) is 10.7. The van der Waals surface area contributed by atoms with Crippen LogP contribution in [0.4, 0.5) is 5.69 Å². The molecule has 1 aromatic heterocycles. The molecule has 0 bridgehead atoms. The summed E-state index contributed by atoms with van der Waals surface area (Å²) in [5.41, 5.74) is 5.10. The number of thioether (sulfide) groups is 1. The summed E-state index contributed by atoms with van der Waals surface area (Å²) in [5.74, 6) is -0.422. The molecule has 0 aliphatic carbocycles. The first-order chi connectivity index (χ1) is 15.9. The summed E-state index contributed by atoms with van der Waals surface area (Å²) in [5, 5.41) is 0.647. The second-order valence-corrected chi connectivity index (χ2v) is 8.65. The lowest BCUT2D eigenvalue weighted by molar-refractivity contribution is -0.121. The van der Waals surface area contributed by atoms with Crippen LogP contribution in [0.15, 0.2) is 70.6 Å². The van der Waals surface area contributed by atoms with E-state index in [0.29, 0.717) is 22.2 Å². The van der Waals surface area contributed by atoms with Crippen LogP contribution < -0.4 is 0 Å². The van der Waals surface area contributed by atoms with Crippen LogP contribution in [0.2, 0.25) is 0 Å². The number of aryl methyl sites for hydroxylation is 1. The first kappa shape index (κ1) is 22.6. The van der Waals surface area contributed by atoms with E-state index in [1.165, 1.54) is 11.8 Å². The first-order valence-corrected chi connectivity index (χ1v) is 11.5. The average Bonchev–Trinajstić information content (AvgIpc) is 3.24. The van der Waals surface area contributed by atoms with Crippen LogP contribution in [0.3, 0.4) is 0 Å². The number of aliphatic imine (C=N–C) groups is 1. The number of ether oxygens (including phenoxy) is 1. The number of amides is 1. The highest BCUT2D eigenvalue weighted by Gasteiger charge is 2.30. The maximum atomic E-state index is 12.9. The molecule has 7 heteroatoms. The highest BCUT2D eigenvalue weighted by molar-refractivity contribution is 8.18. The fourth-order valence-corrected chi connectivity index (χ4v) is 4.70. The van der Waals surface area contributed by atoms with Gasteiger partial charge < -0.3 is 9.30 Å². The van der Waals surface area contributed by atoms with E-state index in [2.05, 4.69) is 9.56 Å². The molecular formula is C26H25N3O3S. The van der Waals surface area contributed by atoms with Gasteiger partial charge in [-0.05, 0) is 80.6 Å². The van der Waals surface area contributed by atoms with E-state index in [1.807, 2.05) is 74.5 Å². The number of hydrogen-bond acceptors (Lipinski definition) is 5. The van der Waals surface area contributed by atoms with Gasteiger partial charge in [-0.1, -0.05) is 24.3 Å². The molecule has 0 unspecified atom stereocenters. The van der Waals surface area contributed by atoms with Crippen molar-refractivity contribution >= 4 is 40.6 Å². The SMILES string of the molecule is CCOC(=O)c1cccc(-n2c(C)cc(/C=C3\SC(=Nc4ccccc4)N(C)C3=O)c2C)c1. The van der Waals surface area contributed by atoms with Crippen LogP contribution in [0.25, 0.3) is 11.8 Å². The van der Waals surface area contributed by atoms with Gasteiger partial charge in [-0.3, -0.25) is 9.69 Å². The van der Waals surface area contributed by atoms with Crippen LogP contribution in [-0.4, -0.2) is 40.2 Å². The molecule has 1 amide bonds. The smallest absolute Gasteiger partial charge is 0.338 e. The van der Waals surface area contributed by atoms with Crippen molar-refractivity contribution in [2.75, 3.05) is 13.7 Å². The molecule has 2 heterocycles. The van der Waals surface area contributed by atoms with Gasteiger partial charge in [0.1, 0.15) is 0 Å². The molecule has 1 fully saturated rings. The number of esters is 1. The van der Waals surface area contributed by atoms with Gasteiger partial charge in [0.05, 0.1) is 22.8 Å². The molecule has 0 atom stereocenters. The molecule has 0 spiro atoms. The molecule has 168 valence electrons. The van der Waals surface area contributed by atoms with Crippen molar-refractivity contribution in [1.29, 1.82) is 0 Å². The Labute approximate surface area is 197 Å². The summed E-state index contributed by atoms with van der Waals surface area (Å²) in [7, 11) is 1.74. The third kappa shape index (κ3) is 4.64. The second-order valence-electron chi connectivity index (χ2n) is 7.64. The maximum absolute atomic E-state index is 12.9. The van der Waals surface area contributed by atoms with Crippen molar-refractivity contribution in [3.63, 3.8) is 0 Å². The Morgan fingerprint density at radius 2 is 1.85 bits per heavy atom. The molecule has 0 N–H and O–H groups in total. The number of likely N-dealkylation sites (N-methyl/N-ethyl adjacent to an activating group) is 1. The molecule has 3 aromatic rings. The lowest BCUT2D eigenvalue weighted by Crippen LogP contribution is -2.23. The van der Waals surface area contributed by atoms with Gasteiger partial charge in [0.15, 0.2) is 5.17 Å². The second kappa shape index (κ2) is 9.50. The summed E-state index contributed by atoms with van der Waals surface area (Å²) >= 11 is 1.37. The monoisotopic (exact) mass is 459 g/mol. The summed E-state index contributed by atoms with van der Waals surface area (Å²) in [6.07, 6.45) is 1.91. The Morgan fingerprint density at radius 3 is 2.58 bits per heavy atom. The lowest BCUT2D eigenvalue weighted by atomic mass is 10.2. The normalized spacial score (nSPS) is 16.1. The van der Waals surface area contributed by atoms with E-state index in [9.17, 15) is 9.59 Å². The maximum Gasteiger partial charge on any atom is 0.338 e. The predicted octanol–water partition coefficient (Wildman–Crippen LogP) is 5.50. The van der Waals surface area contributed by atoms with Gasteiger partial charge in [0.2, 0.25) is 0 Å². The Hall–Kier alpha value is -3.58. The number of aromatic nitrogens is 1. The molecule has 1 saturated heterocycles. The summed E-state index contributed by atoms with van der Waals surface area (Å²) in [6.45, 7) is 6.13. The quantitative estimate of drug-likeness (QED) is 0.373. The predicted molar refractivity (Wildman–Crippen MR) is 133 cm³/mol. The van der Waals surface area contributed by atoms with Crippen molar-refractivity contribution in [1.82, 2.24) is 9.47 Å². The van der Waals surface area contributed by atoms with Crippen molar-refractivity contribution in [3.8, 4) is 5.69 Å². The number of rotatable bonds is 5. The standard InChI is InChI=1S/C26H25N3O3S/c1-5-32-25(31)19-10-9-13-22(15-19)29-17(2)14-20(18(29)3)16-23-24(30)28(4)26(33-23)27-21-11-7-6-8-12-21/h6-16H,5H2,1-4H3/b23-16-,27-26?. The zero-order chi connectivity index (χ0) is 23.5. The van der Waals surface area contributed by atoms with Crippen LogP contribution >= 0.6 is 11.8 Å². The van der Waals surface area contributed by atoms with Crippen LogP contribution in [0.1, 0.15) is 34.2 Å². The van der Waals surface area contributed by atoms with Crippen molar-refractivity contribution in [2.24, 2.45) is 4.99 Å². The van der Waals surface area contributed by atoms with Crippen LogP contribution in [0.5, 0.6) is 0 Å². The molecule has 6 nitrogen and oxygen atoms in total. The van der Waals surface area contributed by atoms with Gasteiger partial charge in [-0.15, -0.1) is 0 Å². The van der Waals surface area contributed by atoms with Gasteiger partial charge in [-0.25, -0.2) is 9.79 Å². The number of amidine groups is 1. The molecular weight excluding hydrogens is 434 g/mol.